The molecule has 10 heavy (non-hydrogen) atoms. The molecule has 0 bridgehead atoms. The second-order valence-corrected chi connectivity index (χ2v) is 2.55. The molecule has 1 heterocycles. The van der Waals surface area contributed by atoms with Crippen LogP contribution in [-0.4, -0.2) is 19.5 Å². The first-order valence-corrected chi connectivity index (χ1v) is 4.31. The molecule has 0 aromatic rings. The molecule has 1 fully saturated rings. The molecule has 3 heteroatoms. The predicted molar refractivity (Wildman–Crippen MR) is 42.6 cm³/mol. The molecular weight excluding hydrogens is 148 g/mol. The van der Waals surface area contributed by atoms with E-state index in [2.05, 4.69) is 6.58 Å². The van der Waals surface area contributed by atoms with Gasteiger partial charge in [-0.1, -0.05) is 6.58 Å². The smallest absolute Gasteiger partial charge is 0.166 e. The summed E-state index contributed by atoms with van der Waals surface area (Å²) in [4.78, 5) is 0. The van der Waals surface area contributed by atoms with E-state index in [-0.39, 0.29) is 0 Å². The summed E-state index contributed by atoms with van der Waals surface area (Å²) in [5, 5.41) is 1.89. The largest absolute Gasteiger partial charge is 0.487 e. The van der Waals surface area contributed by atoms with Crippen LogP contribution in [0.5, 0.6) is 0 Å². The molecule has 0 unspecified atom stereocenters. The minimum atomic E-state index is 0.616. The van der Waals surface area contributed by atoms with Crippen LogP contribution in [-0.2, 0) is 9.47 Å². The summed E-state index contributed by atoms with van der Waals surface area (Å²) in [6.45, 7) is 4.93. The van der Waals surface area contributed by atoms with Gasteiger partial charge in [0.15, 0.2) is 11.5 Å². The molecule has 1 aliphatic rings. The highest BCUT2D eigenvalue weighted by Gasteiger charge is 2.10. The molecule has 0 spiro atoms. The van der Waals surface area contributed by atoms with Crippen molar-refractivity contribution in [2.45, 2.75) is 0 Å². The summed E-state index contributed by atoms with van der Waals surface area (Å²) in [5.41, 5.74) is 0. The van der Waals surface area contributed by atoms with Gasteiger partial charge in [-0.3, -0.25) is 0 Å². The summed E-state index contributed by atoms with van der Waals surface area (Å²) in [5.74, 6) is 1.40. The minimum Gasteiger partial charge on any atom is -0.487 e. The van der Waals surface area contributed by atoms with Gasteiger partial charge in [0.25, 0.3) is 0 Å². The normalized spacial score (nSPS) is 22.1. The summed E-state index contributed by atoms with van der Waals surface area (Å²) in [6.07, 6.45) is 1.97. The Morgan fingerprint density at radius 3 is 2.80 bits per heavy atom. The highest BCUT2D eigenvalue weighted by atomic mass is 32.2. The Labute approximate surface area is 64.9 Å². The lowest BCUT2D eigenvalue weighted by atomic mass is 10.4. The molecule has 0 saturated carbocycles. The third-order valence-corrected chi connectivity index (χ3v) is 1.57. The van der Waals surface area contributed by atoms with Crippen LogP contribution in [0.3, 0.4) is 0 Å². The van der Waals surface area contributed by atoms with Crippen molar-refractivity contribution in [2.24, 2.45) is 0 Å². The molecule has 0 aliphatic carbocycles. The Hall–Kier alpha value is -0.570. The molecular formula is C7H10O2S. The third kappa shape index (κ3) is 1.70. The lowest BCUT2D eigenvalue weighted by Crippen LogP contribution is -2.12. The Balaban J connectivity index is 2.56. The number of ether oxygens (including phenoxy) is 2. The standard InChI is InChI=1S/C7H10O2S/c1-6-7(5-10-2)9-4-3-8-6/h5H,1,3-4H2,2H3/b7-5+. The van der Waals surface area contributed by atoms with Crippen molar-refractivity contribution in [3.05, 3.63) is 23.5 Å². The van der Waals surface area contributed by atoms with Crippen molar-refractivity contribution < 1.29 is 9.47 Å². The van der Waals surface area contributed by atoms with Gasteiger partial charge in [0.2, 0.25) is 0 Å². The molecule has 1 rings (SSSR count). The van der Waals surface area contributed by atoms with Crippen molar-refractivity contribution in [3.8, 4) is 0 Å². The van der Waals surface area contributed by atoms with E-state index in [0.29, 0.717) is 19.0 Å². The van der Waals surface area contributed by atoms with Crippen LogP contribution in [0.2, 0.25) is 0 Å². The topological polar surface area (TPSA) is 18.5 Å². The van der Waals surface area contributed by atoms with Crippen LogP contribution < -0.4 is 0 Å². The molecule has 0 aromatic carbocycles. The van der Waals surface area contributed by atoms with E-state index < -0.39 is 0 Å². The molecule has 1 saturated heterocycles. The van der Waals surface area contributed by atoms with Crippen LogP contribution in [0, 0.1) is 0 Å². The summed E-state index contributed by atoms with van der Waals surface area (Å²) in [7, 11) is 0. The number of thioether (sulfide) groups is 1. The molecule has 0 N–H and O–H groups in total. The van der Waals surface area contributed by atoms with Gasteiger partial charge in [0.05, 0.1) is 0 Å². The first kappa shape index (κ1) is 7.54. The van der Waals surface area contributed by atoms with Crippen molar-refractivity contribution in [1.29, 1.82) is 0 Å². The molecule has 0 atom stereocenters. The van der Waals surface area contributed by atoms with E-state index in [4.69, 9.17) is 9.47 Å². The van der Waals surface area contributed by atoms with Crippen LogP contribution >= 0.6 is 11.8 Å². The Bertz CT molecular complexity index is 163. The van der Waals surface area contributed by atoms with E-state index >= 15 is 0 Å². The van der Waals surface area contributed by atoms with E-state index in [0.717, 1.165) is 5.76 Å². The van der Waals surface area contributed by atoms with Crippen molar-refractivity contribution >= 4 is 11.8 Å². The Morgan fingerprint density at radius 2 is 2.20 bits per heavy atom. The van der Waals surface area contributed by atoms with Gasteiger partial charge in [-0.05, 0) is 6.26 Å². The van der Waals surface area contributed by atoms with Gasteiger partial charge in [0, 0.05) is 5.41 Å². The predicted octanol–water partition coefficient (Wildman–Crippen LogP) is 1.75. The van der Waals surface area contributed by atoms with Crippen molar-refractivity contribution in [1.82, 2.24) is 0 Å². The molecule has 0 radical (unpaired) electrons. The van der Waals surface area contributed by atoms with Crippen LogP contribution in [0.4, 0.5) is 0 Å². The minimum absolute atomic E-state index is 0.616. The summed E-state index contributed by atoms with van der Waals surface area (Å²) in [6, 6.07) is 0. The molecule has 56 valence electrons. The van der Waals surface area contributed by atoms with Crippen LogP contribution in [0.15, 0.2) is 23.5 Å². The lowest BCUT2D eigenvalue weighted by molar-refractivity contribution is 0.0611. The maximum Gasteiger partial charge on any atom is 0.166 e. The molecule has 0 aromatic heterocycles. The van der Waals surface area contributed by atoms with Gasteiger partial charge >= 0.3 is 0 Å². The second-order valence-electron chi connectivity index (χ2n) is 1.84. The molecule has 1 aliphatic heterocycles. The van der Waals surface area contributed by atoms with Gasteiger partial charge in [0.1, 0.15) is 13.2 Å². The highest BCUT2D eigenvalue weighted by molar-refractivity contribution is 8.01. The summed E-state index contributed by atoms with van der Waals surface area (Å²) >= 11 is 1.58. The molecule has 2 nitrogen and oxygen atoms in total. The van der Waals surface area contributed by atoms with Gasteiger partial charge in [-0.15, -0.1) is 11.8 Å². The molecule has 0 amide bonds. The average Bonchev–Trinajstić information content (AvgIpc) is 1.94. The highest BCUT2D eigenvalue weighted by Crippen LogP contribution is 2.18. The zero-order chi connectivity index (χ0) is 7.40. The van der Waals surface area contributed by atoms with Crippen LogP contribution in [0.1, 0.15) is 0 Å². The quantitative estimate of drug-likeness (QED) is 0.579. The fraction of sp³-hybridized carbons (Fsp3) is 0.429. The van der Waals surface area contributed by atoms with Gasteiger partial charge in [-0.25, -0.2) is 0 Å². The van der Waals surface area contributed by atoms with E-state index in [1.165, 1.54) is 0 Å². The van der Waals surface area contributed by atoms with E-state index in [1.807, 2.05) is 11.7 Å². The van der Waals surface area contributed by atoms with Crippen LogP contribution in [0.25, 0.3) is 0 Å². The van der Waals surface area contributed by atoms with E-state index in [1.54, 1.807) is 11.8 Å². The fourth-order valence-corrected chi connectivity index (χ4v) is 1.09. The zero-order valence-electron chi connectivity index (χ0n) is 5.92. The zero-order valence-corrected chi connectivity index (χ0v) is 6.74. The Kier molecular flexibility index (Phi) is 2.68. The van der Waals surface area contributed by atoms with Gasteiger partial charge in [-0.2, -0.15) is 0 Å². The number of hydrogen-bond donors (Lipinski definition) is 0. The van der Waals surface area contributed by atoms with Crippen molar-refractivity contribution in [3.63, 3.8) is 0 Å². The monoisotopic (exact) mass is 158 g/mol. The Morgan fingerprint density at radius 1 is 1.50 bits per heavy atom. The fourth-order valence-electron chi connectivity index (χ4n) is 0.675. The number of rotatable bonds is 1. The SMILES string of the molecule is C=C1OCCO/C1=C/SC. The number of hydrogen-bond acceptors (Lipinski definition) is 3. The maximum absolute atomic E-state index is 5.25. The second kappa shape index (κ2) is 3.56. The van der Waals surface area contributed by atoms with Gasteiger partial charge < -0.3 is 9.47 Å². The summed E-state index contributed by atoms with van der Waals surface area (Å²) < 4.78 is 10.4. The lowest BCUT2D eigenvalue weighted by Gasteiger charge is -2.18. The van der Waals surface area contributed by atoms with Crippen molar-refractivity contribution in [2.75, 3.05) is 19.5 Å². The van der Waals surface area contributed by atoms with E-state index in [9.17, 15) is 0 Å². The first-order valence-electron chi connectivity index (χ1n) is 3.02. The third-order valence-electron chi connectivity index (χ3n) is 1.12. The maximum atomic E-state index is 5.25. The first-order chi connectivity index (χ1) is 4.84. The average molecular weight is 158 g/mol.